The Morgan fingerprint density at radius 1 is 1.11 bits per heavy atom. The zero-order valence-electron chi connectivity index (χ0n) is 15.2. The third kappa shape index (κ3) is 4.61. The Balaban J connectivity index is 1.77. The Bertz CT molecular complexity index is 942. The number of unbranched alkanes of at least 4 members (excludes halogenated alkanes) is 1. The van der Waals surface area contributed by atoms with Crippen molar-refractivity contribution in [3.8, 4) is 17.0 Å². The van der Waals surface area contributed by atoms with Crippen molar-refractivity contribution >= 4 is 16.9 Å². The number of nitrogens with zero attached hydrogens (tertiary/aromatic N) is 1. The Morgan fingerprint density at radius 2 is 1.85 bits per heavy atom. The summed E-state index contributed by atoms with van der Waals surface area (Å²) < 4.78 is 20.1. The third-order valence-electron chi connectivity index (χ3n) is 4.56. The summed E-state index contributed by atoms with van der Waals surface area (Å²) in [5, 5.41) is 9.77. The van der Waals surface area contributed by atoms with Gasteiger partial charge in [-0.05, 0) is 37.0 Å². The molecule has 0 saturated carbocycles. The first-order chi connectivity index (χ1) is 13.1. The number of aromatic nitrogens is 1. The van der Waals surface area contributed by atoms with Crippen LogP contribution in [0.15, 0.2) is 54.6 Å². The molecule has 3 aromatic rings. The highest BCUT2D eigenvalue weighted by atomic mass is 19.1. The maximum atomic E-state index is 14.3. The van der Waals surface area contributed by atoms with E-state index in [1.807, 2.05) is 24.3 Å². The lowest BCUT2D eigenvalue weighted by Gasteiger charge is -2.12. The summed E-state index contributed by atoms with van der Waals surface area (Å²) in [5.74, 6) is -0.973. The maximum Gasteiger partial charge on any atom is 0.306 e. The fraction of sp³-hybridized carbons (Fsp3) is 0.273. The van der Waals surface area contributed by atoms with Gasteiger partial charge in [-0.3, -0.25) is 4.79 Å². The monoisotopic (exact) mass is 367 g/mol. The van der Waals surface area contributed by atoms with E-state index in [0.29, 0.717) is 24.5 Å². The normalized spacial score (nSPS) is 12.1. The second kappa shape index (κ2) is 8.62. The molecule has 3 rings (SSSR count). The first-order valence-electron chi connectivity index (χ1n) is 9.06. The summed E-state index contributed by atoms with van der Waals surface area (Å²) in [6.07, 6.45) is 2.12. The molecular formula is C22H22FNO3. The minimum Gasteiger partial charge on any atom is -0.481 e. The molecule has 2 aromatic carbocycles. The molecule has 27 heavy (non-hydrogen) atoms. The number of benzene rings is 2. The molecule has 1 atom stereocenters. The lowest BCUT2D eigenvalue weighted by Crippen LogP contribution is -2.09. The van der Waals surface area contributed by atoms with Crippen molar-refractivity contribution in [2.45, 2.75) is 26.2 Å². The molecule has 0 radical (unpaired) electrons. The van der Waals surface area contributed by atoms with E-state index in [1.165, 1.54) is 6.07 Å². The van der Waals surface area contributed by atoms with Gasteiger partial charge in [0.2, 0.25) is 5.88 Å². The molecule has 0 amide bonds. The highest BCUT2D eigenvalue weighted by Gasteiger charge is 2.12. The van der Waals surface area contributed by atoms with Crippen molar-refractivity contribution in [3.63, 3.8) is 0 Å². The molecule has 0 aliphatic rings. The molecule has 0 fully saturated rings. The SMILES string of the molecule is CC(CCCCOc1cc(-c2ccccc2F)c2ccccc2n1)C(=O)O. The smallest absolute Gasteiger partial charge is 0.306 e. The van der Waals surface area contributed by atoms with Gasteiger partial charge in [0.15, 0.2) is 0 Å². The summed E-state index contributed by atoms with van der Waals surface area (Å²) in [5.41, 5.74) is 2.00. The lowest BCUT2D eigenvalue weighted by molar-refractivity contribution is -0.141. The fourth-order valence-corrected chi connectivity index (χ4v) is 2.98. The van der Waals surface area contributed by atoms with Crippen LogP contribution in [-0.4, -0.2) is 22.7 Å². The van der Waals surface area contributed by atoms with E-state index in [4.69, 9.17) is 9.84 Å². The minimum absolute atomic E-state index is 0.289. The summed E-state index contributed by atoms with van der Waals surface area (Å²) in [4.78, 5) is 15.4. The summed E-state index contributed by atoms with van der Waals surface area (Å²) in [7, 11) is 0. The van der Waals surface area contributed by atoms with Crippen LogP contribution in [0.3, 0.4) is 0 Å². The average molecular weight is 367 g/mol. The van der Waals surface area contributed by atoms with E-state index in [9.17, 15) is 9.18 Å². The number of aliphatic carboxylic acids is 1. The number of rotatable bonds is 8. The molecule has 0 bridgehead atoms. The summed E-state index contributed by atoms with van der Waals surface area (Å²) in [6, 6.07) is 16.0. The van der Waals surface area contributed by atoms with Gasteiger partial charge in [0.1, 0.15) is 5.82 Å². The van der Waals surface area contributed by atoms with Crippen LogP contribution >= 0.6 is 0 Å². The van der Waals surface area contributed by atoms with Gasteiger partial charge in [-0.25, -0.2) is 9.37 Å². The highest BCUT2D eigenvalue weighted by molar-refractivity contribution is 5.95. The highest BCUT2D eigenvalue weighted by Crippen LogP contribution is 2.32. The predicted molar refractivity (Wildman–Crippen MR) is 103 cm³/mol. The van der Waals surface area contributed by atoms with Gasteiger partial charge >= 0.3 is 5.97 Å². The number of hydrogen-bond donors (Lipinski definition) is 1. The zero-order valence-corrected chi connectivity index (χ0v) is 15.2. The van der Waals surface area contributed by atoms with E-state index in [0.717, 1.165) is 29.3 Å². The fourth-order valence-electron chi connectivity index (χ4n) is 2.98. The van der Waals surface area contributed by atoms with Gasteiger partial charge in [-0.1, -0.05) is 43.3 Å². The van der Waals surface area contributed by atoms with E-state index < -0.39 is 5.97 Å². The molecule has 1 heterocycles. The molecule has 0 aliphatic carbocycles. The van der Waals surface area contributed by atoms with Gasteiger partial charge in [-0.2, -0.15) is 0 Å². The molecule has 1 unspecified atom stereocenters. The van der Waals surface area contributed by atoms with Crippen molar-refractivity contribution in [1.82, 2.24) is 4.98 Å². The quantitative estimate of drug-likeness (QED) is 0.548. The van der Waals surface area contributed by atoms with Crippen molar-refractivity contribution < 1.29 is 19.0 Å². The molecule has 0 aliphatic heterocycles. The number of carboxylic acid groups (broad SMARTS) is 1. The van der Waals surface area contributed by atoms with Gasteiger partial charge in [0.25, 0.3) is 0 Å². The molecular weight excluding hydrogens is 345 g/mol. The first kappa shape index (κ1) is 18.8. The van der Waals surface area contributed by atoms with Crippen LogP contribution in [0.1, 0.15) is 26.2 Å². The second-order valence-corrected chi connectivity index (χ2v) is 6.59. The molecule has 1 N–H and O–H groups in total. The predicted octanol–water partition coefficient (Wildman–Crippen LogP) is 5.31. The number of hydrogen-bond acceptors (Lipinski definition) is 3. The standard InChI is InChI=1S/C22H22FNO3/c1-15(22(25)26)8-6-7-13-27-21-14-18(16-9-2-4-11-19(16)23)17-10-3-5-12-20(17)24-21/h2-5,9-12,14-15H,6-8,13H2,1H3,(H,25,26). The Morgan fingerprint density at radius 3 is 2.63 bits per heavy atom. The summed E-state index contributed by atoms with van der Waals surface area (Å²) >= 11 is 0. The van der Waals surface area contributed by atoms with Gasteiger partial charge < -0.3 is 9.84 Å². The maximum absolute atomic E-state index is 14.3. The number of carboxylic acids is 1. The minimum atomic E-state index is -0.776. The molecule has 0 spiro atoms. The van der Waals surface area contributed by atoms with Crippen molar-refractivity contribution in [2.24, 2.45) is 5.92 Å². The van der Waals surface area contributed by atoms with E-state index in [-0.39, 0.29) is 11.7 Å². The van der Waals surface area contributed by atoms with E-state index in [2.05, 4.69) is 4.98 Å². The molecule has 0 saturated heterocycles. The van der Waals surface area contributed by atoms with Crippen LogP contribution < -0.4 is 4.74 Å². The summed E-state index contributed by atoms with van der Waals surface area (Å²) in [6.45, 7) is 2.14. The average Bonchev–Trinajstić information content (AvgIpc) is 2.67. The number of pyridine rings is 1. The molecule has 5 heteroatoms. The Labute approximate surface area is 157 Å². The Hall–Kier alpha value is -2.95. The number of para-hydroxylation sites is 1. The number of ether oxygens (including phenoxy) is 1. The van der Waals surface area contributed by atoms with Gasteiger partial charge in [0, 0.05) is 17.0 Å². The van der Waals surface area contributed by atoms with Crippen LogP contribution in [0, 0.1) is 11.7 Å². The number of carbonyl (C=O) groups is 1. The van der Waals surface area contributed by atoms with Gasteiger partial charge in [-0.15, -0.1) is 0 Å². The number of fused-ring (bicyclic) bond motifs is 1. The van der Waals surface area contributed by atoms with E-state index in [1.54, 1.807) is 31.2 Å². The van der Waals surface area contributed by atoms with Gasteiger partial charge in [0.05, 0.1) is 18.0 Å². The van der Waals surface area contributed by atoms with Crippen molar-refractivity contribution in [2.75, 3.05) is 6.61 Å². The second-order valence-electron chi connectivity index (χ2n) is 6.59. The molecule has 1 aromatic heterocycles. The largest absolute Gasteiger partial charge is 0.481 e. The van der Waals surface area contributed by atoms with Crippen LogP contribution in [0.5, 0.6) is 5.88 Å². The van der Waals surface area contributed by atoms with Crippen LogP contribution in [-0.2, 0) is 4.79 Å². The molecule has 4 nitrogen and oxygen atoms in total. The topological polar surface area (TPSA) is 59.4 Å². The van der Waals surface area contributed by atoms with E-state index >= 15 is 0 Å². The Kier molecular flexibility index (Phi) is 6.01. The van der Waals surface area contributed by atoms with Crippen LogP contribution in [0.25, 0.3) is 22.0 Å². The van der Waals surface area contributed by atoms with Crippen LogP contribution in [0.2, 0.25) is 0 Å². The lowest BCUT2D eigenvalue weighted by atomic mass is 10.0. The van der Waals surface area contributed by atoms with Crippen LogP contribution in [0.4, 0.5) is 4.39 Å². The first-order valence-corrected chi connectivity index (χ1v) is 9.06. The number of halogens is 1. The zero-order chi connectivity index (χ0) is 19.2. The van der Waals surface area contributed by atoms with Crippen molar-refractivity contribution in [3.05, 3.63) is 60.4 Å². The third-order valence-corrected chi connectivity index (χ3v) is 4.56. The molecule has 140 valence electrons. The van der Waals surface area contributed by atoms with Crippen molar-refractivity contribution in [1.29, 1.82) is 0 Å².